The molecule has 0 bridgehead atoms. The maximum absolute atomic E-state index is 4.33. The van der Waals surface area contributed by atoms with Crippen LogP contribution in [0.15, 0.2) is 37.1 Å². The van der Waals surface area contributed by atoms with Crippen molar-refractivity contribution in [3.63, 3.8) is 0 Å². The molecule has 0 radical (unpaired) electrons. The van der Waals surface area contributed by atoms with E-state index in [2.05, 4.69) is 23.7 Å². The van der Waals surface area contributed by atoms with Crippen LogP contribution in [0, 0.1) is 0 Å². The van der Waals surface area contributed by atoms with Crippen molar-refractivity contribution in [1.29, 1.82) is 0 Å². The van der Waals surface area contributed by atoms with Gasteiger partial charge in [-0.3, -0.25) is 0 Å². The molecule has 2 aromatic rings. The summed E-state index contributed by atoms with van der Waals surface area (Å²) in [6.07, 6.45) is 7.62. The lowest BCUT2D eigenvalue weighted by atomic mass is 10.3. The summed E-state index contributed by atoms with van der Waals surface area (Å²) in [6.45, 7) is 9.77. The maximum Gasteiger partial charge on any atom is 0.144 e. The summed E-state index contributed by atoms with van der Waals surface area (Å²) in [5, 5.41) is 1.14. The molecule has 0 saturated heterocycles. The van der Waals surface area contributed by atoms with Crippen LogP contribution in [0.25, 0.3) is 23.3 Å². The molecule has 2 aromatic heterocycles. The van der Waals surface area contributed by atoms with E-state index in [0.717, 1.165) is 16.7 Å². The summed E-state index contributed by atoms with van der Waals surface area (Å²) in [4.78, 5) is 4.33. The molecule has 2 heteroatoms. The number of nitrogens with zero attached hydrogens (tertiary/aromatic N) is 2. The second kappa shape index (κ2) is 5.91. The third kappa shape index (κ3) is 2.22. The molecule has 0 spiro atoms. The Hall–Kier alpha value is -1.83. The van der Waals surface area contributed by atoms with Gasteiger partial charge < -0.3 is 4.57 Å². The van der Waals surface area contributed by atoms with Gasteiger partial charge in [0.25, 0.3) is 0 Å². The van der Waals surface area contributed by atoms with Crippen molar-refractivity contribution in [2.75, 3.05) is 0 Å². The molecule has 2 heterocycles. The Labute approximate surface area is 96.9 Å². The van der Waals surface area contributed by atoms with Gasteiger partial charge in [-0.25, -0.2) is 4.98 Å². The van der Waals surface area contributed by atoms with Crippen molar-refractivity contribution < 1.29 is 0 Å². The molecule has 0 saturated carbocycles. The molecule has 0 aliphatic rings. The minimum atomic E-state index is 0.973. The van der Waals surface area contributed by atoms with Gasteiger partial charge in [0, 0.05) is 23.5 Å². The van der Waals surface area contributed by atoms with Gasteiger partial charge in [0.05, 0.1) is 0 Å². The number of allylic oxidation sites excluding steroid dienone is 1. The second-order valence-electron chi connectivity index (χ2n) is 3.04. The van der Waals surface area contributed by atoms with Gasteiger partial charge >= 0.3 is 0 Å². The highest BCUT2D eigenvalue weighted by Gasteiger charge is 2.03. The van der Waals surface area contributed by atoms with Crippen molar-refractivity contribution in [2.45, 2.75) is 20.8 Å². The molecule has 84 valence electrons. The normalized spacial score (nSPS) is 10.2. The molecule has 16 heavy (non-hydrogen) atoms. The minimum Gasteiger partial charge on any atom is -0.302 e. The first-order valence-corrected chi connectivity index (χ1v) is 5.58. The lowest BCUT2D eigenvalue weighted by molar-refractivity contribution is 1.15. The predicted octanol–water partition coefficient (Wildman–Crippen LogP) is 4.20. The fourth-order valence-electron chi connectivity index (χ4n) is 1.54. The van der Waals surface area contributed by atoms with Crippen LogP contribution in [0.3, 0.4) is 0 Å². The zero-order chi connectivity index (χ0) is 12.0. The van der Waals surface area contributed by atoms with E-state index >= 15 is 0 Å². The van der Waals surface area contributed by atoms with Gasteiger partial charge in [0.1, 0.15) is 5.65 Å². The third-order valence-electron chi connectivity index (χ3n) is 2.13. The van der Waals surface area contributed by atoms with Gasteiger partial charge in [-0.05, 0) is 31.2 Å². The predicted molar refractivity (Wildman–Crippen MR) is 72.2 cm³/mol. The van der Waals surface area contributed by atoms with Gasteiger partial charge in [0.15, 0.2) is 0 Å². The standard InChI is InChI=1S/C12H12N2.C2H6/c1-3-8-14-11(4-2)9-10-6-5-7-13-12(10)14;1-2/h3-9H,2H2,1H3;1-2H3/b8-3-;. The lowest BCUT2D eigenvalue weighted by Crippen LogP contribution is -1.89. The van der Waals surface area contributed by atoms with Crippen LogP contribution < -0.4 is 0 Å². The topological polar surface area (TPSA) is 17.8 Å². The van der Waals surface area contributed by atoms with Crippen molar-refractivity contribution in [2.24, 2.45) is 0 Å². The Bertz CT molecular complexity index is 492. The summed E-state index contributed by atoms with van der Waals surface area (Å²) in [6, 6.07) is 6.07. The highest BCUT2D eigenvalue weighted by atomic mass is 15.0. The van der Waals surface area contributed by atoms with E-state index in [4.69, 9.17) is 0 Å². The summed E-state index contributed by atoms with van der Waals surface area (Å²) in [5.41, 5.74) is 2.04. The zero-order valence-electron chi connectivity index (χ0n) is 10.1. The molecule has 0 fully saturated rings. The van der Waals surface area contributed by atoms with Crippen LogP contribution in [0.2, 0.25) is 0 Å². The molecular formula is C14H18N2. The number of pyridine rings is 1. The monoisotopic (exact) mass is 214 g/mol. The molecular weight excluding hydrogens is 196 g/mol. The fourth-order valence-corrected chi connectivity index (χ4v) is 1.54. The molecule has 2 rings (SSSR count). The molecule has 0 aliphatic carbocycles. The van der Waals surface area contributed by atoms with Crippen LogP contribution in [-0.2, 0) is 0 Å². The van der Waals surface area contributed by atoms with Crippen molar-refractivity contribution in [1.82, 2.24) is 9.55 Å². The smallest absolute Gasteiger partial charge is 0.144 e. The Morgan fingerprint density at radius 2 is 2.12 bits per heavy atom. The molecule has 0 unspecified atom stereocenters. The molecule has 0 N–H and O–H groups in total. The van der Waals surface area contributed by atoms with Crippen LogP contribution in [0.1, 0.15) is 26.5 Å². The van der Waals surface area contributed by atoms with Crippen LogP contribution in [0.5, 0.6) is 0 Å². The first kappa shape index (κ1) is 12.2. The second-order valence-corrected chi connectivity index (χ2v) is 3.04. The average molecular weight is 214 g/mol. The number of fused-ring (bicyclic) bond motifs is 1. The summed E-state index contributed by atoms with van der Waals surface area (Å²) in [5.74, 6) is 0. The summed E-state index contributed by atoms with van der Waals surface area (Å²) >= 11 is 0. The zero-order valence-corrected chi connectivity index (χ0v) is 10.1. The van der Waals surface area contributed by atoms with Gasteiger partial charge in [-0.15, -0.1) is 0 Å². The van der Waals surface area contributed by atoms with E-state index in [0.29, 0.717) is 0 Å². The Morgan fingerprint density at radius 1 is 1.38 bits per heavy atom. The first-order valence-electron chi connectivity index (χ1n) is 5.58. The van der Waals surface area contributed by atoms with Crippen molar-refractivity contribution in [3.8, 4) is 0 Å². The summed E-state index contributed by atoms with van der Waals surface area (Å²) in [7, 11) is 0. The van der Waals surface area contributed by atoms with Crippen LogP contribution in [-0.4, -0.2) is 9.55 Å². The van der Waals surface area contributed by atoms with Crippen LogP contribution in [0.4, 0.5) is 0 Å². The Balaban J connectivity index is 0.000000606. The van der Waals surface area contributed by atoms with E-state index in [1.807, 2.05) is 49.8 Å². The highest BCUT2D eigenvalue weighted by molar-refractivity contribution is 5.82. The first-order chi connectivity index (χ1) is 7.86. The van der Waals surface area contributed by atoms with E-state index in [1.165, 1.54) is 0 Å². The number of hydrogen-bond donors (Lipinski definition) is 0. The Morgan fingerprint density at radius 3 is 2.75 bits per heavy atom. The highest BCUT2D eigenvalue weighted by Crippen LogP contribution is 2.18. The Kier molecular flexibility index (Phi) is 4.52. The van der Waals surface area contributed by atoms with E-state index in [1.54, 1.807) is 6.20 Å². The van der Waals surface area contributed by atoms with E-state index in [-0.39, 0.29) is 0 Å². The molecule has 0 aromatic carbocycles. The van der Waals surface area contributed by atoms with Crippen molar-refractivity contribution in [3.05, 3.63) is 42.7 Å². The minimum absolute atomic E-state index is 0.973. The number of hydrogen-bond acceptors (Lipinski definition) is 1. The SMILES string of the molecule is C=Cc1cc2cccnc2n1/C=C\C.CC. The third-order valence-corrected chi connectivity index (χ3v) is 2.13. The fraction of sp³-hybridized carbons (Fsp3) is 0.214. The molecule has 0 amide bonds. The maximum atomic E-state index is 4.33. The summed E-state index contributed by atoms with van der Waals surface area (Å²) < 4.78 is 2.03. The number of aromatic nitrogens is 2. The van der Waals surface area contributed by atoms with E-state index in [9.17, 15) is 0 Å². The quantitative estimate of drug-likeness (QED) is 0.732. The molecule has 0 aliphatic heterocycles. The van der Waals surface area contributed by atoms with Crippen LogP contribution >= 0.6 is 0 Å². The van der Waals surface area contributed by atoms with Gasteiger partial charge in [-0.1, -0.05) is 26.5 Å². The van der Waals surface area contributed by atoms with Gasteiger partial charge in [-0.2, -0.15) is 0 Å². The number of rotatable bonds is 2. The molecule has 2 nitrogen and oxygen atoms in total. The lowest BCUT2D eigenvalue weighted by Gasteiger charge is -1.98. The molecule has 0 atom stereocenters. The average Bonchev–Trinajstić information content (AvgIpc) is 2.71. The van der Waals surface area contributed by atoms with E-state index < -0.39 is 0 Å². The van der Waals surface area contributed by atoms with Crippen molar-refractivity contribution >= 4 is 23.3 Å². The largest absolute Gasteiger partial charge is 0.302 e. The van der Waals surface area contributed by atoms with Gasteiger partial charge in [0.2, 0.25) is 0 Å².